The lowest BCUT2D eigenvalue weighted by atomic mass is 9.96. The van der Waals surface area contributed by atoms with Gasteiger partial charge in [-0.05, 0) is 11.1 Å². The predicted molar refractivity (Wildman–Crippen MR) is 95.9 cm³/mol. The number of hydrogen-bond donors (Lipinski definition) is 4. The second-order valence-electron chi connectivity index (χ2n) is 6.77. The summed E-state index contributed by atoms with van der Waals surface area (Å²) in [5.74, 6) is -1.96. The topological polar surface area (TPSA) is 93.4 Å². The normalized spacial score (nSPS) is 29.0. The summed E-state index contributed by atoms with van der Waals surface area (Å²) in [5.41, 5.74) is 2.11. The van der Waals surface area contributed by atoms with E-state index in [0.717, 1.165) is 11.1 Å². The van der Waals surface area contributed by atoms with Crippen LogP contribution in [0.15, 0.2) is 60.7 Å². The Morgan fingerprint density at radius 1 is 0.885 bits per heavy atom. The molecule has 0 amide bonds. The molecule has 4 N–H and O–H groups in total. The molecule has 6 heteroatoms. The first kappa shape index (κ1) is 19.0. The Balaban J connectivity index is 1.78. The van der Waals surface area contributed by atoms with E-state index in [1.807, 2.05) is 65.6 Å². The summed E-state index contributed by atoms with van der Waals surface area (Å²) in [6, 6.07) is 19.6. The summed E-state index contributed by atoms with van der Waals surface area (Å²) in [7, 11) is 0. The van der Waals surface area contributed by atoms with Crippen LogP contribution in [0.4, 0.5) is 0 Å². The summed E-state index contributed by atoms with van der Waals surface area (Å²) in [4.78, 5) is 1.94. The van der Waals surface area contributed by atoms with Gasteiger partial charge in [0, 0.05) is 13.1 Å². The van der Waals surface area contributed by atoms with Gasteiger partial charge < -0.3 is 25.2 Å². The largest absolute Gasteiger partial charge is 0.388 e. The first-order chi connectivity index (χ1) is 12.5. The highest BCUT2D eigenvalue weighted by Crippen LogP contribution is 2.26. The third kappa shape index (κ3) is 4.48. The molecule has 2 aromatic carbocycles. The van der Waals surface area contributed by atoms with E-state index in [0.29, 0.717) is 13.1 Å². The van der Waals surface area contributed by atoms with E-state index in [1.54, 1.807) is 0 Å². The van der Waals surface area contributed by atoms with Gasteiger partial charge in [0.15, 0.2) is 0 Å². The van der Waals surface area contributed by atoms with Crippen molar-refractivity contribution in [2.24, 2.45) is 0 Å². The van der Waals surface area contributed by atoms with Gasteiger partial charge >= 0.3 is 0 Å². The van der Waals surface area contributed by atoms with E-state index < -0.39 is 24.1 Å². The fraction of sp³-hybridized carbons (Fsp3) is 0.400. The highest BCUT2D eigenvalue weighted by molar-refractivity contribution is 5.17. The number of aliphatic hydroxyl groups excluding tert-OH is 3. The van der Waals surface area contributed by atoms with E-state index in [9.17, 15) is 20.4 Å². The van der Waals surface area contributed by atoms with Crippen molar-refractivity contribution >= 4 is 0 Å². The summed E-state index contributed by atoms with van der Waals surface area (Å²) < 4.78 is 5.32. The molecule has 0 unspecified atom stereocenters. The molecular formula is C20H25NO5. The van der Waals surface area contributed by atoms with Gasteiger partial charge in [0.25, 0.3) is 0 Å². The first-order valence-corrected chi connectivity index (χ1v) is 8.69. The van der Waals surface area contributed by atoms with Crippen LogP contribution in [-0.2, 0) is 17.8 Å². The summed E-state index contributed by atoms with van der Waals surface area (Å²) in [6.07, 6.45) is -4.27. The minimum absolute atomic E-state index is 0.0122. The molecule has 2 aromatic rings. The van der Waals surface area contributed by atoms with Crippen LogP contribution in [0.2, 0.25) is 0 Å². The fourth-order valence-electron chi connectivity index (χ4n) is 3.20. The molecule has 26 heavy (non-hydrogen) atoms. The summed E-state index contributed by atoms with van der Waals surface area (Å²) >= 11 is 0. The van der Waals surface area contributed by atoms with Gasteiger partial charge in [-0.15, -0.1) is 0 Å². The Labute approximate surface area is 152 Å². The molecule has 0 radical (unpaired) electrons. The number of hydrogen-bond acceptors (Lipinski definition) is 6. The molecule has 3 rings (SSSR count). The van der Waals surface area contributed by atoms with Crippen molar-refractivity contribution in [2.75, 3.05) is 13.2 Å². The number of ether oxygens (including phenoxy) is 1. The van der Waals surface area contributed by atoms with Crippen LogP contribution in [0, 0.1) is 0 Å². The molecule has 0 spiro atoms. The third-order valence-corrected chi connectivity index (χ3v) is 4.63. The average Bonchev–Trinajstić information content (AvgIpc) is 2.65. The van der Waals surface area contributed by atoms with Crippen molar-refractivity contribution in [1.29, 1.82) is 0 Å². The minimum atomic E-state index is -1.96. The Morgan fingerprint density at radius 2 is 1.38 bits per heavy atom. The SMILES string of the molecule is O[C@@H]1[C@H](O)CO[C@@](O)(CN(Cc2ccccc2)Cc2ccccc2)[C@H]1O. The van der Waals surface area contributed by atoms with Crippen molar-refractivity contribution in [1.82, 2.24) is 4.90 Å². The maximum absolute atomic E-state index is 10.8. The van der Waals surface area contributed by atoms with Crippen LogP contribution in [0.1, 0.15) is 11.1 Å². The number of benzene rings is 2. The Kier molecular flexibility index (Phi) is 6.03. The van der Waals surface area contributed by atoms with Crippen molar-refractivity contribution in [3.63, 3.8) is 0 Å². The van der Waals surface area contributed by atoms with Gasteiger partial charge in [-0.1, -0.05) is 60.7 Å². The number of aliphatic hydroxyl groups is 4. The molecule has 0 saturated carbocycles. The van der Waals surface area contributed by atoms with Crippen molar-refractivity contribution in [3.05, 3.63) is 71.8 Å². The number of nitrogens with zero attached hydrogens (tertiary/aromatic N) is 1. The van der Waals surface area contributed by atoms with Gasteiger partial charge in [0.05, 0.1) is 13.2 Å². The summed E-state index contributed by atoms with van der Waals surface area (Å²) in [5, 5.41) is 40.5. The zero-order valence-corrected chi connectivity index (χ0v) is 14.5. The quantitative estimate of drug-likeness (QED) is 0.600. The summed E-state index contributed by atoms with van der Waals surface area (Å²) in [6.45, 7) is 0.820. The maximum atomic E-state index is 10.8. The first-order valence-electron chi connectivity index (χ1n) is 8.69. The van der Waals surface area contributed by atoms with Crippen LogP contribution in [-0.4, -0.2) is 62.6 Å². The van der Waals surface area contributed by atoms with E-state index >= 15 is 0 Å². The predicted octanol–water partition coefficient (Wildman–Crippen LogP) is 0.490. The van der Waals surface area contributed by atoms with Crippen LogP contribution in [0.25, 0.3) is 0 Å². The molecule has 1 aliphatic heterocycles. The minimum Gasteiger partial charge on any atom is -0.388 e. The van der Waals surface area contributed by atoms with Gasteiger partial charge in [-0.25, -0.2) is 0 Å². The molecule has 1 fully saturated rings. The van der Waals surface area contributed by atoms with Crippen LogP contribution in [0.5, 0.6) is 0 Å². The smallest absolute Gasteiger partial charge is 0.207 e. The molecule has 1 saturated heterocycles. The second-order valence-corrected chi connectivity index (χ2v) is 6.77. The standard InChI is InChI=1S/C20H25NO5/c22-17-13-26-20(25,19(24)18(17)23)14-21(11-15-7-3-1-4-8-15)12-16-9-5-2-6-10-16/h1-10,17-19,22-25H,11-14H2/t17-,18-,19+,20+/m1/s1. The lowest BCUT2D eigenvalue weighted by Crippen LogP contribution is -2.64. The monoisotopic (exact) mass is 359 g/mol. The van der Waals surface area contributed by atoms with Crippen molar-refractivity contribution in [2.45, 2.75) is 37.2 Å². The van der Waals surface area contributed by atoms with E-state index in [-0.39, 0.29) is 13.2 Å². The van der Waals surface area contributed by atoms with Crippen LogP contribution < -0.4 is 0 Å². The molecule has 0 aliphatic carbocycles. The number of rotatable bonds is 6. The fourth-order valence-corrected chi connectivity index (χ4v) is 3.20. The van der Waals surface area contributed by atoms with Crippen LogP contribution in [0.3, 0.4) is 0 Å². The molecule has 6 nitrogen and oxygen atoms in total. The molecule has 0 bridgehead atoms. The lowest BCUT2D eigenvalue weighted by Gasteiger charge is -2.43. The average molecular weight is 359 g/mol. The molecule has 0 aromatic heterocycles. The molecule has 4 atom stereocenters. The second kappa shape index (κ2) is 8.26. The van der Waals surface area contributed by atoms with Crippen molar-refractivity contribution in [3.8, 4) is 0 Å². The highest BCUT2D eigenvalue weighted by atomic mass is 16.6. The van der Waals surface area contributed by atoms with E-state index in [1.165, 1.54) is 0 Å². The molecular weight excluding hydrogens is 334 g/mol. The highest BCUT2D eigenvalue weighted by Gasteiger charge is 2.49. The lowest BCUT2D eigenvalue weighted by molar-refractivity contribution is -0.325. The molecule has 1 aliphatic rings. The third-order valence-electron chi connectivity index (χ3n) is 4.63. The Morgan fingerprint density at radius 3 is 1.88 bits per heavy atom. The zero-order chi connectivity index (χ0) is 18.6. The molecule has 1 heterocycles. The maximum Gasteiger partial charge on any atom is 0.207 e. The van der Waals surface area contributed by atoms with E-state index in [4.69, 9.17) is 4.74 Å². The van der Waals surface area contributed by atoms with Crippen LogP contribution >= 0.6 is 0 Å². The molecule has 140 valence electrons. The van der Waals surface area contributed by atoms with Gasteiger partial charge in [0.2, 0.25) is 5.79 Å². The Hall–Kier alpha value is -1.80. The Bertz CT molecular complexity index is 642. The zero-order valence-electron chi connectivity index (χ0n) is 14.5. The van der Waals surface area contributed by atoms with Gasteiger partial charge in [0.1, 0.15) is 18.3 Å². The van der Waals surface area contributed by atoms with Gasteiger partial charge in [-0.2, -0.15) is 0 Å². The van der Waals surface area contributed by atoms with Crippen molar-refractivity contribution < 1.29 is 25.2 Å². The van der Waals surface area contributed by atoms with E-state index in [2.05, 4.69) is 0 Å². The van der Waals surface area contributed by atoms with Gasteiger partial charge in [-0.3, -0.25) is 4.90 Å².